The minimum Gasteiger partial charge on any atom is -0.481 e. The minimum absolute atomic E-state index is 0.0145. The van der Waals surface area contributed by atoms with Crippen molar-refractivity contribution in [2.24, 2.45) is 5.92 Å². The van der Waals surface area contributed by atoms with Crippen molar-refractivity contribution in [1.82, 2.24) is 4.31 Å². The fourth-order valence-electron chi connectivity index (χ4n) is 2.25. The Morgan fingerprint density at radius 1 is 1.33 bits per heavy atom. The number of aliphatic carboxylic acids is 1. The van der Waals surface area contributed by atoms with Gasteiger partial charge in [0.2, 0.25) is 0 Å². The highest BCUT2D eigenvalue weighted by molar-refractivity contribution is 7.90. The van der Waals surface area contributed by atoms with Gasteiger partial charge in [0, 0.05) is 18.8 Å². The summed E-state index contributed by atoms with van der Waals surface area (Å²) < 4.78 is 28.1. The van der Waals surface area contributed by atoms with Crippen molar-refractivity contribution in [3.63, 3.8) is 0 Å². The summed E-state index contributed by atoms with van der Waals surface area (Å²) in [5.74, 6) is -1.63. The third-order valence-electron chi connectivity index (χ3n) is 3.46. The van der Waals surface area contributed by atoms with Gasteiger partial charge in [0.15, 0.2) is 0 Å². The number of piperidine rings is 1. The number of aliphatic hydroxyl groups is 1. The second-order valence-corrected chi connectivity index (χ2v) is 6.67. The van der Waals surface area contributed by atoms with E-state index in [0.29, 0.717) is 30.6 Å². The quantitative estimate of drug-likeness (QED) is 0.739. The maximum atomic E-state index is 12.3. The Morgan fingerprint density at radius 2 is 2.00 bits per heavy atom. The molecule has 1 aromatic rings. The monoisotopic (exact) mass is 314 g/mol. The fraction of sp³-hybridized carbons (Fsp3) is 0.462. The maximum absolute atomic E-state index is 12.3. The molecule has 0 amide bonds. The van der Waals surface area contributed by atoms with Gasteiger partial charge in [-0.3, -0.25) is 9.52 Å². The van der Waals surface area contributed by atoms with Crippen LogP contribution >= 0.6 is 0 Å². The Balaban J connectivity index is 2.08. The van der Waals surface area contributed by atoms with Crippen molar-refractivity contribution < 1.29 is 23.4 Å². The van der Waals surface area contributed by atoms with Crippen LogP contribution in [0.1, 0.15) is 18.4 Å². The molecule has 116 valence electrons. The lowest BCUT2D eigenvalue weighted by Gasteiger charge is -2.29. The number of nitrogens with zero attached hydrogens (tertiary/aromatic N) is 1. The van der Waals surface area contributed by atoms with Gasteiger partial charge in [-0.25, -0.2) is 0 Å². The molecule has 0 radical (unpaired) electrons. The molecule has 1 saturated heterocycles. The SMILES string of the molecule is O=C(O)C1CCCN(S(=O)(=O)Nc2ccc(CO)cc2)C1. The molecule has 21 heavy (non-hydrogen) atoms. The van der Waals surface area contributed by atoms with Gasteiger partial charge in [-0.05, 0) is 30.5 Å². The molecule has 1 heterocycles. The zero-order chi connectivity index (χ0) is 15.5. The Hall–Kier alpha value is -1.64. The van der Waals surface area contributed by atoms with Crippen molar-refractivity contribution in [2.45, 2.75) is 19.4 Å². The van der Waals surface area contributed by atoms with Crippen molar-refractivity contribution in [1.29, 1.82) is 0 Å². The fourth-order valence-corrected chi connectivity index (χ4v) is 3.56. The number of rotatable bonds is 5. The van der Waals surface area contributed by atoms with Crippen LogP contribution < -0.4 is 4.72 Å². The summed E-state index contributed by atoms with van der Waals surface area (Å²) in [7, 11) is -3.76. The van der Waals surface area contributed by atoms with Crippen LogP contribution in [-0.2, 0) is 21.6 Å². The number of carboxylic acid groups (broad SMARTS) is 1. The molecule has 0 bridgehead atoms. The molecule has 1 fully saturated rings. The van der Waals surface area contributed by atoms with Crippen molar-refractivity contribution in [3.8, 4) is 0 Å². The van der Waals surface area contributed by atoms with Crippen LogP contribution in [0.5, 0.6) is 0 Å². The second-order valence-electron chi connectivity index (χ2n) is 5.00. The predicted molar refractivity (Wildman–Crippen MR) is 76.8 cm³/mol. The largest absolute Gasteiger partial charge is 0.481 e. The van der Waals surface area contributed by atoms with E-state index >= 15 is 0 Å². The molecule has 1 aliphatic rings. The molecule has 0 aliphatic carbocycles. The molecule has 8 heteroatoms. The van der Waals surface area contributed by atoms with E-state index in [1.165, 1.54) is 0 Å². The number of hydrogen-bond acceptors (Lipinski definition) is 4. The van der Waals surface area contributed by atoms with Crippen LogP contribution in [0.2, 0.25) is 0 Å². The van der Waals surface area contributed by atoms with E-state index in [1.807, 2.05) is 0 Å². The van der Waals surface area contributed by atoms with Gasteiger partial charge >= 0.3 is 16.2 Å². The zero-order valence-electron chi connectivity index (χ0n) is 11.4. The van der Waals surface area contributed by atoms with E-state index in [2.05, 4.69) is 4.72 Å². The first-order valence-electron chi connectivity index (χ1n) is 6.63. The van der Waals surface area contributed by atoms with Crippen LogP contribution in [0.15, 0.2) is 24.3 Å². The maximum Gasteiger partial charge on any atom is 0.307 e. The summed E-state index contributed by atoms with van der Waals surface area (Å²) in [4.78, 5) is 11.0. The number of carbonyl (C=O) groups is 1. The third-order valence-corrected chi connectivity index (χ3v) is 4.96. The van der Waals surface area contributed by atoms with Crippen molar-refractivity contribution in [3.05, 3.63) is 29.8 Å². The summed E-state index contributed by atoms with van der Waals surface area (Å²) in [5.41, 5.74) is 1.06. The van der Waals surface area contributed by atoms with Gasteiger partial charge in [0.05, 0.1) is 12.5 Å². The summed E-state index contributed by atoms with van der Waals surface area (Å²) >= 11 is 0. The highest BCUT2D eigenvalue weighted by atomic mass is 32.2. The van der Waals surface area contributed by atoms with Gasteiger partial charge in [0.25, 0.3) is 0 Å². The minimum atomic E-state index is -3.76. The lowest BCUT2D eigenvalue weighted by atomic mass is 10.0. The lowest BCUT2D eigenvalue weighted by Crippen LogP contribution is -2.44. The first kappa shape index (κ1) is 15.7. The topological polar surface area (TPSA) is 107 Å². The number of anilines is 1. The molecule has 1 aromatic carbocycles. The summed E-state index contributed by atoms with van der Waals surface area (Å²) in [6.45, 7) is 0.187. The molecule has 0 aromatic heterocycles. The Morgan fingerprint density at radius 3 is 2.57 bits per heavy atom. The molecule has 0 spiro atoms. The molecule has 3 N–H and O–H groups in total. The standard InChI is InChI=1S/C13H18N2O5S/c16-9-10-3-5-12(6-4-10)14-21(19,20)15-7-1-2-11(8-15)13(17)18/h3-6,11,14,16H,1-2,7-9H2,(H,17,18). The van der Waals surface area contributed by atoms with E-state index in [4.69, 9.17) is 10.2 Å². The Kier molecular flexibility index (Phi) is 4.81. The van der Waals surface area contributed by atoms with Gasteiger partial charge in [-0.1, -0.05) is 12.1 Å². The van der Waals surface area contributed by atoms with Crippen LogP contribution in [0.25, 0.3) is 0 Å². The summed E-state index contributed by atoms with van der Waals surface area (Å²) in [6, 6.07) is 6.35. The summed E-state index contributed by atoms with van der Waals surface area (Å²) in [6.07, 6.45) is 1.02. The number of aliphatic hydroxyl groups excluding tert-OH is 1. The number of hydrogen-bond donors (Lipinski definition) is 3. The third kappa shape index (κ3) is 3.93. The van der Waals surface area contributed by atoms with E-state index < -0.39 is 22.1 Å². The highest BCUT2D eigenvalue weighted by Gasteiger charge is 2.32. The van der Waals surface area contributed by atoms with E-state index in [9.17, 15) is 13.2 Å². The normalized spacial score (nSPS) is 20.1. The number of benzene rings is 1. The average Bonchev–Trinajstić information content (AvgIpc) is 2.48. The second kappa shape index (κ2) is 6.42. The van der Waals surface area contributed by atoms with E-state index in [0.717, 1.165) is 4.31 Å². The van der Waals surface area contributed by atoms with E-state index in [1.54, 1.807) is 24.3 Å². The van der Waals surface area contributed by atoms with Gasteiger partial charge in [-0.15, -0.1) is 0 Å². The average molecular weight is 314 g/mol. The molecular formula is C13H18N2O5S. The molecule has 0 saturated carbocycles. The number of carboxylic acids is 1. The summed E-state index contributed by atoms with van der Waals surface area (Å²) in [5, 5.41) is 17.9. The Labute approximate surface area is 123 Å². The molecule has 1 unspecified atom stereocenters. The van der Waals surface area contributed by atoms with Crippen LogP contribution in [0.3, 0.4) is 0 Å². The smallest absolute Gasteiger partial charge is 0.307 e. The van der Waals surface area contributed by atoms with Crippen LogP contribution in [-0.4, -0.2) is 42.0 Å². The van der Waals surface area contributed by atoms with Crippen LogP contribution in [0, 0.1) is 5.92 Å². The Bertz CT molecular complexity index is 599. The molecule has 7 nitrogen and oxygen atoms in total. The van der Waals surface area contributed by atoms with Gasteiger partial charge in [-0.2, -0.15) is 12.7 Å². The predicted octanol–water partition coefficient (Wildman–Crippen LogP) is 0.632. The molecule has 2 rings (SSSR count). The van der Waals surface area contributed by atoms with Crippen LogP contribution in [0.4, 0.5) is 5.69 Å². The molecular weight excluding hydrogens is 296 g/mol. The highest BCUT2D eigenvalue weighted by Crippen LogP contribution is 2.21. The van der Waals surface area contributed by atoms with Gasteiger partial charge < -0.3 is 10.2 Å². The first-order chi connectivity index (χ1) is 9.92. The molecule has 1 atom stereocenters. The van der Waals surface area contributed by atoms with Crippen molar-refractivity contribution >= 4 is 21.9 Å². The number of nitrogens with one attached hydrogen (secondary N) is 1. The lowest BCUT2D eigenvalue weighted by molar-refractivity contribution is -0.142. The molecule has 1 aliphatic heterocycles. The zero-order valence-corrected chi connectivity index (χ0v) is 12.2. The van der Waals surface area contributed by atoms with Gasteiger partial charge in [0.1, 0.15) is 0 Å². The first-order valence-corrected chi connectivity index (χ1v) is 8.07. The van der Waals surface area contributed by atoms with E-state index in [-0.39, 0.29) is 13.2 Å². The van der Waals surface area contributed by atoms with Crippen molar-refractivity contribution in [2.75, 3.05) is 17.8 Å².